The molecule has 0 radical (unpaired) electrons. The number of amides is 2. The number of hydrogen-bond acceptors (Lipinski definition) is 5. The van der Waals surface area contributed by atoms with Crippen molar-refractivity contribution in [3.8, 4) is 29.0 Å². The molecule has 32 heavy (non-hydrogen) atoms. The number of carbonyl (C=O) groups excluding carboxylic acids is 2. The second-order valence-electron chi connectivity index (χ2n) is 7.94. The molecule has 1 saturated heterocycles. The van der Waals surface area contributed by atoms with Crippen LogP contribution in [0.1, 0.15) is 35.1 Å². The Morgan fingerprint density at radius 2 is 2.03 bits per heavy atom. The minimum atomic E-state index is -0.857. The first-order chi connectivity index (χ1) is 15.2. The molecule has 0 bridgehead atoms. The summed E-state index contributed by atoms with van der Waals surface area (Å²) in [5.74, 6) is 4.94. The molecule has 1 aromatic carbocycles. The summed E-state index contributed by atoms with van der Waals surface area (Å²) >= 11 is 0. The second-order valence-corrected chi connectivity index (χ2v) is 7.94. The number of aryl methyl sites for hydroxylation is 1. The summed E-state index contributed by atoms with van der Waals surface area (Å²) in [5, 5.41) is 4.20. The molecule has 2 amide bonds. The van der Waals surface area contributed by atoms with E-state index in [9.17, 15) is 14.0 Å². The lowest BCUT2D eigenvalue weighted by atomic mass is 9.89. The first-order valence-corrected chi connectivity index (χ1v) is 9.96. The van der Waals surface area contributed by atoms with Gasteiger partial charge in [0, 0.05) is 37.1 Å². The molecule has 2 N–H and O–H groups in total. The van der Waals surface area contributed by atoms with Gasteiger partial charge in [-0.2, -0.15) is 5.10 Å². The third-order valence-corrected chi connectivity index (χ3v) is 5.48. The molecule has 1 aliphatic rings. The third kappa shape index (κ3) is 3.83. The van der Waals surface area contributed by atoms with Crippen LogP contribution in [0.4, 0.5) is 4.39 Å². The van der Waals surface area contributed by atoms with Crippen molar-refractivity contribution in [1.29, 1.82) is 0 Å². The number of likely N-dealkylation sites (tertiary alicyclic amines) is 1. The number of benzene rings is 1. The van der Waals surface area contributed by atoms with Crippen LogP contribution in [0.5, 0.6) is 0 Å². The molecular formula is C23H21FN6O2. The Morgan fingerprint density at radius 1 is 1.25 bits per heavy atom. The van der Waals surface area contributed by atoms with Gasteiger partial charge in [-0.1, -0.05) is 11.8 Å². The van der Waals surface area contributed by atoms with Crippen molar-refractivity contribution in [2.24, 2.45) is 11.1 Å². The molecule has 162 valence electrons. The van der Waals surface area contributed by atoms with Gasteiger partial charge in [-0.05, 0) is 44.5 Å². The smallest absolute Gasteiger partial charge is 0.267 e. The van der Waals surface area contributed by atoms with E-state index >= 15 is 0 Å². The Labute approximate surface area is 184 Å². The highest BCUT2D eigenvalue weighted by Crippen LogP contribution is 2.30. The van der Waals surface area contributed by atoms with E-state index < -0.39 is 17.1 Å². The van der Waals surface area contributed by atoms with E-state index in [1.165, 1.54) is 24.3 Å². The molecule has 3 aromatic rings. The lowest BCUT2D eigenvalue weighted by Crippen LogP contribution is -2.28. The number of nitrogens with zero attached hydrogens (tertiary/aromatic N) is 5. The average molecular weight is 432 g/mol. The fourth-order valence-electron chi connectivity index (χ4n) is 3.51. The van der Waals surface area contributed by atoms with Gasteiger partial charge in [0.15, 0.2) is 11.6 Å². The minimum absolute atomic E-state index is 0.00367. The van der Waals surface area contributed by atoms with Gasteiger partial charge in [0.1, 0.15) is 16.9 Å². The standard InChI is InChI=1S/C23H21FN6O2/c1-14-7-10-26-30(14)19-13-18(20(25)31)27-21(28-19)16-4-5-17(24)15(12-16)6-8-23(2)9-11-29(3)22(23)32/h4-5,7,10,12-13H,9,11H2,1-3H3,(H2,25,31)/t23-/m1/s1. The van der Waals surface area contributed by atoms with Crippen molar-refractivity contribution in [2.75, 3.05) is 13.6 Å². The van der Waals surface area contributed by atoms with E-state index in [-0.39, 0.29) is 23.0 Å². The van der Waals surface area contributed by atoms with Gasteiger partial charge in [-0.3, -0.25) is 9.59 Å². The highest BCUT2D eigenvalue weighted by atomic mass is 19.1. The highest BCUT2D eigenvalue weighted by molar-refractivity contribution is 5.91. The number of carbonyl (C=O) groups is 2. The van der Waals surface area contributed by atoms with E-state index in [2.05, 4.69) is 26.9 Å². The molecule has 3 heterocycles. The second kappa shape index (κ2) is 7.89. The Morgan fingerprint density at radius 3 is 2.66 bits per heavy atom. The molecular weight excluding hydrogens is 411 g/mol. The Kier molecular flexibility index (Phi) is 5.22. The van der Waals surface area contributed by atoms with Crippen LogP contribution in [0.3, 0.4) is 0 Å². The maximum atomic E-state index is 14.5. The fourth-order valence-corrected chi connectivity index (χ4v) is 3.51. The van der Waals surface area contributed by atoms with Gasteiger partial charge >= 0.3 is 0 Å². The van der Waals surface area contributed by atoms with Crippen LogP contribution in [0.25, 0.3) is 17.2 Å². The average Bonchev–Trinajstić information content (AvgIpc) is 3.31. The summed E-state index contributed by atoms with van der Waals surface area (Å²) in [6, 6.07) is 7.48. The van der Waals surface area contributed by atoms with Gasteiger partial charge in [0.25, 0.3) is 5.91 Å². The van der Waals surface area contributed by atoms with E-state index in [1.54, 1.807) is 35.8 Å². The summed E-state index contributed by atoms with van der Waals surface area (Å²) in [4.78, 5) is 34.5. The molecule has 1 fully saturated rings. The number of rotatable bonds is 3. The van der Waals surface area contributed by atoms with Crippen LogP contribution >= 0.6 is 0 Å². The molecule has 2 aromatic heterocycles. The molecule has 1 aliphatic heterocycles. The molecule has 0 saturated carbocycles. The zero-order valence-electron chi connectivity index (χ0n) is 17.9. The van der Waals surface area contributed by atoms with Crippen molar-refractivity contribution < 1.29 is 14.0 Å². The van der Waals surface area contributed by atoms with E-state index in [0.29, 0.717) is 24.3 Å². The normalized spacial score (nSPS) is 17.9. The van der Waals surface area contributed by atoms with E-state index in [1.807, 2.05) is 6.92 Å². The molecule has 0 spiro atoms. The molecule has 8 nitrogen and oxygen atoms in total. The molecule has 0 unspecified atom stereocenters. The number of primary amides is 1. The lowest BCUT2D eigenvalue weighted by Gasteiger charge is -2.14. The highest BCUT2D eigenvalue weighted by Gasteiger charge is 2.39. The summed E-state index contributed by atoms with van der Waals surface area (Å²) < 4.78 is 16.0. The van der Waals surface area contributed by atoms with Crippen molar-refractivity contribution in [3.63, 3.8) is 0 Å². The monoisotopic (exact) mass is 432 g/mol. The molecule has 9 heteroatoms. The van der Waals surface area contributed by atoms with Crippen LogP contribution in [-0.2, 0) is 4.79 Å². The molecule has 0 aliphatic carbocycles. The topological polar surface area (TPSA) is 107 Å². The first-order valence-electron chi connectivity index (χ1n) is 9.96. The van der Waals surface area contributed by atoms with Gasteiger partial charge in [-0.15, -0.1) is 0 Å². The quantitative estimate of drug-likeness (QED) is 0.638. The van der Waals surface area contributed by atoms with Crippen molar-refractivity contribution in [3.05, 3.63) is 59.3 Å². The van der Waals surface area contributed by atoms with E-state index in [0.717, 1.165) is 5.69 Å². The Bertz CT molecular complexity index is 1310. The zero-order valence-corrected chi connectivity index (χ0v) is 17.9. The Balaban J connectivity index is 1.78. The summed E-state index contributed by atoms with van der Waals surface area (Å²) in [6.45, 7) is 4.20. The molecule has 1 atom stereocenters. The van der Waals surface area contributed by atoms with Crippen molar-refractivity contribution in [1.82, 2.24) is 24.6 Å². The number of hydrogen-bond donors (Lipinski definition) is 1. The van der Waals surface area contributed by atoms with Gasteiger partial charge in [0.2, 0.25) is 5.91 Å². The fraction of sp³-hybridized carbons (Fsp3) is 0.261. The van der Waals surface area contributed by atoms with Crippen LogP contribution in [0.15, 0.2) is 36.5 Å². The number of aromatic nitrogens is 4. The van der Waals surface area contributed by atoms with Gasteiger partial charge in [0.05, 0.1) is 5.56 Å². The van der Waals surface area contributed by atoms with Crippen LogP contribution < -0.4 is 5.73 Å². The minimum Gasteiger partial charge on any atom is -0.364 e. The van der Waals surface area contributed by atoms with Crippen LogP contribution in [0, 0.1) is 30.0 Å². The lowest BCUT2D eigenvalue weighted by molar-refractivity contribution is -0.131. The maximum absolute atomic E-state index is 14.5. The maximum Gasteiger partial charge on any atom is 0.267 e. The predicted octanol–water partition coefficient (Wildman–Crippen LogP) is 2.10. The number of halogens is 1. The van der Waals surface area contributed by atoms with Gasteiger partial charge < -0.3 is 10.6 Å². The predicted molar refractivity (Wildman–Crippen MR) is 115 cm³/mol. The van der Waals surface area contributed by atoms with Crippen LogP contribution in [0.2, 0.25) is 0 Å². The summed E-state index contributed by atoms with van der Waals surface area (Å²) in [6.07, 6.45) is 2.18. The summed E-state index contributed by atoms with van der Waals surface area (Å²) in [5.41, 5.74) is 5.96. The largest absolute Gasteiger partial charge is 0.364 e. The van der Waals surface area contributed by atoms with Crippen molar-refractivity contribution in [2.45, 2.75) is 20.3 Å². The van der Waals surface area contributed by atoms with Gasteiger partial charge in [-0.25, -0.2) is 19.0 Å². The van der Waals surface area contributed by atoms with Crippen LogP contribution in [-0.4, -0.2) is 50.1 Å². The third-order valence-electron chi connectivity index (χ3n) is 5.48. The zero-order chi connectivity index (χ0) is 23.0. The van der Waals surface area contributed by atoms with E-state index in [4.69, 9.17) is 5.73 Å². The molecule has 4 rings (SSSR count). The summed E-state index contributed by atoms with van der Waals surface area (Å²) in [7, 11) is 1.72. The van der Waals surface area contributed by atoms with Crippen molar-refractivity contribution >= 4 is 11.8 Å². The SMILES string of the molecule is Cc1ccnn1-c1cc(C(N)=O)nc(-c2ccc(F)c(C#C[C@]3(C)CCN(C)C3=O)c2)n1. The Hall–Kier alpha value is -4.06. The first kappa shape index (κ1) is 21.2. The number of nitrogens with two attached hydrogens (primary N) is 1.